The fraction of sp³-hybridized carbons (Fsp3) is 0.476. The molecular formula is C21H28N4O2S. The molecule has 1 saturated heterocycles. The number of benzene rings is 1. The normalized spacial score (nSPS) is 15.8. The highest BCUT2D eigenvalue weighted by molar-refractivity contribution is 7.13. The van der Waals surface area contributed by atoms with Crippen LogP contribution in [0.15, 0.2) is 34.7 Å². The van der Waals surface area contributed by atoms with Crippen molar-refractivity contribution in [1.82, 2.24) is 9.88 Å². The van der Waals surface area contributed by atoms with E-state index in [0.717, 1.165) is 18.0 Å². The first-order valence-electron chi connectivity index (χ1n) is 9.82. The minimum atomic E-state index is -0.261. The molecule has 2 heterocycles. The van der Waals surface area contributed by atoms with E-state index in [1.165, 1.54) is 42.8 Å². The van der Waals surface area contributed by atoms with E-state index in [4.69, 9.17) is 4.74 Å². The van der Waals surface area contributed by atoms with E-state index in [2.05, 4.69) is 45.5 Å². The second-order valence-electron chi connectivity index (χ2n) is 7.20. The van der Waals surface area contributed by atoms with E-state index < -0.39 is 0 Å². The molecule has 0 aliphatic carbocycles. The maximum absolute atomic E-state index is 11.5. The van der Waals surface area contributed by atoms with Crippen LogP contribution in [0.3, 0.4) is 0 Å². The van der Waals surface area contributed by atoms with Crippen LogP contribution in [0.1, 0.15) is 43.5 Å². The summed E-state index contributed by atoms with van der Waals surface area (Å²) in [4.78, 5) is 18.4. The van der Waals surface area contributed by atoms with Crippen molar-refractivity contribution in [3.05, 3.63) is 46.5 Å². The quantitative estimate of drug-likeness (QED) is 0.413. The van der Waals surface area contributed by atoms with Crippen LogP contribution >= 0.6 is 11.3 Å². The summed E-state index contributed by atoms with van der Waals surface area (Å²) in [6.45, 7) is 7.87. The molecule has 0 bridgehead atoms. The largest absolute Gasteiger partial charge is 0.466 e. The Morgan fingerprint density at radius 3 is 3.04 bits per heavy atom. The lowest BCUT2D eigenvalue weighted by Gasteiger charge is -2.30. The van der Waals surface area contributed by atoms with Gasteiger partial charge in [0.15, 0.2) is 0 Å². The number of esters is 1. The fourth-order valence-corrected chi connectivity index (χ4v) is 3.87. The number of aromatic nitrogens is 1. The Labute approximate surface area is 170 Å². The number of anilines is 1. The number of nitrogens with one attached hydrogen (secondary N) is 1. The molecule has 150 valence electrons. The van der Waals surface area contributed by atoms with Gasteiger partial charge in [0.2, 0.25) is 5.13 Å². The van der Waals surface area contributed by atoms with Crippen molar-refractivity contribution in [3.63, 3.8) is 0 Å². The van der Waals surface area contributed by atoms with Gasteiger partial charge in [-0.2, -0.15) is 5.10 Å². The zero-order valence-electron chi connectivity index (χ0n) is 16.6. The van der Waals surface area contributed by atoms with Gasteiger partial charge in [-0.05, 0) is 56.0 Å². The Morgan fingerprint density at radius 1 is 1.43 bits per heavy atom. The van der Waals surface area contributed by atoms with Crippen molar-refractivity contribution in [2.24, 2.45) is 11.0 Å². The Kier molecular flexibility index (Phi) is 7.56. The summed E-state index contributed by atoms with van der Waals surface area (Å²) >= 11 is 1.42. The number of nitrogens with zero attached hydrogens (tertiary/aromatic N) is 3. The van der Waals surface area contributed by atoms with Gasteiger partial charge in [-0.1, -0.05) is 25.1 Å². The predicted molar refractivity (Wildman–Crippen MR) is 114 cm³/mol. The molecule has 0 amide bonds. The zero-order chi connectivity index (χ0) is 19.8. The number of carbonyl (C=O) groups is 1. The third kappa shape index (κ3) is 6.42. The van der Waals surface area contributed by atoms with Crippen LogP contribution in [0.5, 0.6) is 0 Å². The van der Waals surface area contributed by atoms with Crippen molar-refractivity contribution < 1.29 is 9.53 Å². The molecule has 2 aromatic rings. The topological polar surface area (TPSA) is 66.8 Å². The number of hydrazone groups is 1. The molecule has 0 atom stereocenters. The third-order valence-corrected chi connectivity index (χ3v) is 5.59. The molecule has 1 N–H and O–H groups in total. The molecule has 6 nitrogen and oxygen atoms in total. The van der Waals surface area contributed by atoms with Crippen molar-refractivity contribution >= 4 is 28.7 Å². The van der Waals surface area contributed by atoms with Gasteiger partial charge in [0.1, 0.15) is 0 Å². The minimum absolute atomic E-state index is 0.188. The van der Waals surface area contributed by atoms with Crippen LogP contribution in [0, 0.1) is 5.92 Å². The molecule has 1 aliphatic rings. The Morgan fingerprint density at radius 2 is 2.25 bits per heavy atom. The van der Waals surface area contributed by atoms with Crippen LogP contribution < -0.4 is 5.43 Å². The highest BCUT2D eigenvalue weighted by atomic mass is 32.1. The summed E-state index contributed by atoms with van der Waals surface area (Å²) < 4.78 is 4.94. The van der Waals surface area contributed by atoms with Crippen LogP contribution in [0.2, 0.25) is 0 Å². The maximum Gasteiger partial charge on any atom is 0.311 e. The third-order valence-electron chi connectivity index (χ3n) is 4.79. The van der Waals surface area contributed by atoms with E-state index in [1.54, 1.807) is 13.1 Å². The highest BCUT2D eigenvalue weighted by Crippen LogP contribution is 2.19. The van der Waals surface area contributed by atoms with Gasteiger partial charge in [-0.25, -0.2) is 4.98 Å². The minimum Gasteiger partial charge on any atom is -0.466 e. The van der Waals surface area contributed by atoms with Crippen LogP contribution in [-0.2, 0) is 22.5 Å². The molecule has 1 fully saturated rings. The molecule has 7 heteroatoms. The van der Waals surface area contributed by atoms with Crippen molar-refractivity contribution in [1.29, 1.82) is 0 Å². The monoisotopic (exact) mass is 400 g/mol. The lowest BCUT2D eigenvalue weighted by molar-refractivity contribution is -0.142. The summed E-state index contributed by atoms with van der Waals surface area (Å²) in [5.74, 6) is 0.590. The van der Waals surface area contributed by atoms with Gasteiger partial charge in [0.25, 0.3) is 0 Å². The van der Waals surface area contributed by atoms with Gasteiger partial charge >= 0.3 is 5.97 Å². The number of carbonyl (C=O) groups excluding carboxylic acids is 1. The molecule has 3 rings (SSSR count). The van der Waals surface area contributed by atoms with E-state index in [9.17, 15) is 4.79 Å². The lowest BCUT2D eigenvalue weighted by atomic mass is 9.99. The second kappa shape index (κ2) is 10.3. The SMILES string of the molecule is CCOC(=O)Cc1csc(NN=Cc2cccc(CN3CCC(C)CC3)c2)n1. The first-order valence-corrected chi connectivity index (χ1v) is 10.7. The smallest absolute Gasteiger partial charge is 0.311 e. The average molecular weight is 401 g/mol. The first kappa shape index (κ1) is 20.5. The molecule has 0 saturated carbocycles. The van der Waals surface area contributed by atoms with Gasteiger partial charge in [-0.15, -0.1) is 11.3 Å². The van der Waals surface area contributed by atoms with Gasteiger partial charge < -0.3 is 4.74 Å². The Bertz CT molecular complexity index is 797. The number of ether oxygens (including phenoxy) is 1. The van der Waals surface area contributed by atoms with E-state index >= 15 is 0 Å². The summed E-state index contributed by atoms with van der Waals surface area (Å²) in [6, 6.07) is 8.47. The van der Waals surface area contributed by atoms with Crippen LogP contribution in [-0.4, -0.2) is 41.8 Å². The lowest BCUT2D eigenvalue weighted by Crippen LogP contribution is -2.32. The molecule has 0 radical (unpaired) electrons. The second-order valence-corrected chi connectivity index (χ2v) is 8.06. The standard InChI is InChI=1S/C21H28N4O2S/c1-3-27-20(26)12-19-15-28-21(23-19)24-22-13-17-5-4-6-18(11-17)14-25-9-7-16(2)8-10-25/h4-6,11,13,15-16H,3,7-10,12,14H2,1-2H3,(H,23,24). The summed E-state index contributed by atoms with van der Waals surface area (Å²) in [5.41, 5.74) is 6.00. The summed E-state index contributed by atoms with van der Waals surface area (Å²) in [5, 5.41) is 6.79. The number of hydrogen-bond donors (Lipinski definition) is 1. The molecule has 0 spiro atoms. The Balaban J connectivity index is 1.50. The molecular weight excluding hydrogens is 372 g/mol. The first-order chi connectivity index (χ1) is 13.6. The van der Waals surface area contributed by atoms with Crippen LogP contribution in [0.25, 0.3) is 0 Å². The number of piperidine rings is 1. The maximum atomic E-state index is 11.5. The van der Waals surface area contributed by atoms with E-state index in [0.29, 0.717) is 17.4 Å². The van der Waals surface area contributed by atoms with E-state index in [-0.39, 0.29) is 12.4 Å². The fourth-order valence-electron chi connectivity index (χ4n) is 3.21. The number of rotatable bonds is 8. The van der Waals surface area contributed by atoms with Crippen LogP contribution in [0.4, 0.5) is 5.13 Å². The van der Waals surface area contributed by atoms with Crippen molar-refractivity contribution in [2.45, 2.75) is 39.7 Å². The zero-order valence-corrected chi connectivity index (χ0v) is 17.4. The number of thiazole rings is 1. The van der Waals surface area contributed by atoms with Gasteiger partial charge in [0, 0.05) is 11.9 Å². The highest BCUT2D eigenvalue weighted by Gasteiger charge is 2.15. The number of likely N-dealkylation sites (tertiary alicyclic amines) is 1. The summed E-state index contributed by atoms with van der Waals surface area (Å²) in [7, 11) is 0. The number of hydrogen-bond acceptors (Lipinski definition) is 7. The summed E-state index contributed by atoms with van der Waals surface area (Å²) in [6.07, 6.45) is 4.56. The van der Waals surface area contributed by atoms with Gasteiger partial charge in [-0.3, -0.25) is 15.1 Å². The predicted octanol–water partition coefficient (Wildman–Crippen LogP) is 3.93. The molecule has 1 aromatic carbocycles. The Hall–Kier alpha value is -2.25. The van der Waals surface area contributed by atoms with Gasteiger partial charge in [0.05, 0.1) is 24.9 Å². The van der Waals surface area contributed by atoms with Crippen molar-refractivity contribution in [2.75, 3.05) is 25.1 Å². The molecule has 1 aliphatic heterocycles. The average Bonchev–Trinajstić information content (AvgIpc) is 3.11. The molecule has 0 unspecified atom stereocenters. The molecule has 28 heavy (non-hydrogen) atoms. The molecule has 1 aromatic heterocycles. The van der Waals surface area contributed by atoms with E-state index in [1.807, 2.05) is 11.4 Å². The van der Waals surface area contributed by atoms with Crippen molar-refractivity contribution in [3.8, 4) is 0 Å².